The zero-order valence-corrected chi connectivity index (χ0v) is 8.37. The van der Waals surface area contributed by atoms with Gasteiger partial charge in [0.25, 0.3) is 0 Å². The molecule has 15 heavy (non-hydrogen) atoms. The van der Waals surface area contributed by atoms with Crippen molar-refractivity contribution in [3.8, 4) is 11.5 Å². The van der Waals surface area contributed by atoms with E-state index in [9.17, 15) is 15.0 Å². The van der Waals surface area contributed by atoms with Crippen LogP contribution in [0.4, 0.5) is 0 Å². The van der Waals surface area contributed by atoms with Gasteiger partial charge in [0.05, 0.1) is 5.39 Å². The van der Waals surface area contributed by atoms with Crippen LogP contribution in [0.2, 0.25) is 0 Å². The second-order valence-electron chi connectivity index (χ2n) is 3.50. The lowest BCUT2D eigenvalue weighted by Gasteiger charge is -2.05. The van der Waals surface area contributed by atoms with Gasteiger partial charge in [0.15, 0.2) is 0 Å². The Morgan fingerprint density at radius 2 is 1.80 bits per heavy atom. The number of aryl methyl sites for hydroxylation is 2. The van der Waals surface area contributed by atoms with Gasteiger partial charge in [0.1, 0.15) is 17.1 Å². The lowest BCUT2D eigenvalue weighted by molar-refractivity contribution is 0.447. The van der Waals surface area contributed by atoms with Gasteiger partial charge in [0.2, 0.25) is 0 Å². The van der Waals surface area contributed by atoms with Crippen LogP contribution in [0.15, 0.2) is 21.3 Å². The van der Waals surface area contributed by atoms with Crippen LogP contribution in [0.25, 0.3) is 11.0 Å². The standard InChI is InChI=1S/C11H10O4/c1-5-3-7-9(13)4-8(12)6(2)10(7)15-11(5)14/h3-4,12-13H,1-2H3. The Morgan fingerprint density at radius 3 is 2.47 bits per heavy atom. The molecule has 4 heteroatoms. The number of fused-ring (bicyclic) bond motifs is 1. The molecule has 0 saturated carbocycles. The average molecular weight is 206 g/mol. The van der Waals surface area contributed by atoms with Gasteiger partial charge in [-0.3, -0.25) is 0 Å². The normalized spacial score (nSPS) is 10.8. The minimum absolute atomic E-state index is 0.0907. The summed E-state index contributed by atoms with van der Waals surface area (Å²) in [6.45, 7) is 3.22. The molecule has 1 aromatic heterocycles. The van der Waals surface area contributed by atoms with E-state index in [2.05, 4.69) is 0 Å². The largest absolute Gasteiger partial charge is 0.507 e. The van der Waals surface area contributed by atoms with E-state index in [0.29, 0.717) is 16.5 Å². The Bertz CT molecular complexity index is 596. The third kappa shape index (κ3) is 1.34. The third-order valence-electron chi connectivity index (χ3n) is 2.40. The zero-order valence-electron chi connectivity index (χ0n) is 8.37. The van der Waals surface area contributed by atoms with E-state index in [1.165, 1.54) is 6.07 Å². The molecule has 0 aliphatic rings. The van der Waals surface area contributed by atoms with Gasteiger partial charge in [-0.1, -0.05) is 0 Å². The maximum Gasteiger partial charge on any atom is 0.339 e. The molecule has 0 aliphatic carbocycles. The van der Waals surface area contributed by atoms with Gasteiger partial charge in [-0.15, -0.1) is 0 Å². The van der Waals surface area contributed by atoms with Crippen LogP contribution in [0.3, 0.4) is 0 Å². The van der Waals surface area contributed by atoms with E-state index in [-0.39, 0.29) is 17.1 Å². The lowest BCUT2D eigenvalue weighted by atomic mass is 10.1. The average Bonchev–Trinajstić information content (AvgIpc) is 2.18. The molecule has 0 radical (unpaired) electrons. The molecule has 0 amide bonds. The predicted molar refractivity (Wildman–Crippen MR) is 55.3 cm³/mol. The molecule has 0 bridgehead atoms. The van der Waals surface area contributed by atoms with Crippen LogP contribution < -0.4 is 5.63 Å². The second-order valence-corrected chi connectivity index (χ2v) is 3.50. The van der Waals surface area contributed by atoms with E-state index in [1.54, 1.807) is 19.9 Å². The molecule has 78 valence electrons. The van der Waals surface area contributed by atoms with E-state index in [0.717, 1.165) is 0 Å². The molecular formula is C11H10O4. The van der Waals surface area contributed by atoms with Crippen molar-refractivity contribution in [3.05, 3.63) is 33.7 Å². The molecule has 2 N–H and O–H groups in total. The first kappa shape index (κ1) is 9.58. The number of phenolic OH excluding ortho intramolecular Hbond substituents is 2. The molecule has 0 spiro atoms. The Kier molecular flexibility index (Phi) is 1.93. The van der Waals surface area contributed by atoms with Crippen molar-refractivity contribution in [1.29, 1.82) is 0 Å². The van der Waals surface area contributed by atoms with Crippen LogP contribution in [0.5, 0.6) is 11.5 Å². The molecule has 2 aromatic rings. The van der Waals surface area contributed by atoms with Gasteiger partial charge in [-0.2, -0.15) is 0 Å². The maximum atomic E-state index is 11.3. The van der Waals surface area contributed by atoms with Crippen molar-refractivity contribution in [3.63, 3.8) is 0 Å². The highest BCUT2D eigenvalue weighted by Gasteiger charge is 2.11. The van der Waals surface area contributed by atoms with Crippen LogP contribution in [0.1, 0.15) is 11.1 Å². The smallest absolute Gasteiger partial charge is 0.339 e. The number of hydrogen-bond donors (Lipinski definition) is 2. The van der Waals surface area contributed by atoms with E-state index < -0.39 is 5.63 Å². The molecule has 0 saturated heterocycles. The molecule has 0 unspecified atom stereocenters. The van der Waals surface area contributed by atoms with Crippen LogP contribution in [0, 0.1) is 13.8 Å². The fourth-order valence-corrected chi connectivity index (χ4v) is 1.47. The van der Waals surface area contributed by atoms with Gasteiger partial charge >= 0.3 is 5.63 Å². The van der Waals surface area contributed by atoms with E-state index in [1.807, 2.05) is 0 Å². The summed E-state index contributed by atoms with van der Waals surface area (Å²) in [5, 5.41) is 19.4. The van der Waals surface area contributed by atoms with Crippen LogP contribution in [-0.4, -0.2) is 10.2 Å². The first-order valence-corrected chi connectivity index (χ1v) is 4.46. The van der Waals surface area contributed by atoms with Crippen molar-refractivity contribution >= 4 is 11.0 Å². The molecule has 0 fully saturated rings. The summed E-state index contributed by atoms with van der Waals surface area (Å²) in [5.74, 6) is -0.188. The fraction of sp³-hybridized carbons (Fsp3) is 0.182. The molecule has 4 nitrogen and oxygen atoms in total. The van der Waals surface area contributed by atoms with Crippen molar-refractivity contribution in [2.45, 2.75) is 13.8 Å². The topological polar surface area (TPSA) is 70.7 Å². The number of hydrogen-bond acceptors (Lipinski definition) is 4. The maximum absolute atomic E-state index is 11.3. The summed E-state index contributed by atoms with van der Waals surface area (Å²) in [4.78, 5) is 11.3. The van der Waals surface area contributed by atoms with Crippen LogP contribution >= 0.6 is 0 Å². The molecular weight excluding hydrogens is 196 g/mol. The summed E-state index contributed by atoms with van der Waals surface area (Å²) in [7, 11) is 0. The monoisotopic (exact) mass is 206 g/mol. The number of phenols is 2. The molecule has 1 heterocycles. The highest BCUT2D eigenvalue weighted by atomic mass is 16.4. The quantitative estimate of drug-likeness (QED) is 0.645. The Labute approximate surface area is 85.4 Å². The predicted octanol–water partition coefficient (Wildman–Crippen LogP) is 1.82. The van der Waals surface area contributed by atoms with Gasteiger partial charge in [-0.05, 0) is 19.9 Å². The van der Waals surface area contributed by atoms with Crippen molar-refractivity contribution in [2.75, 3.05) is 0 Å². The van der Waals surface area contributed by atoms with Crippen molar-refractivity contribution in [2.24, 2.45) is 0 Å². The summed E-state index contributed by atoms with van der Waals surface area (Å²) in [6.07, 6.45) is 0. The number of aromatic hydroxyl groups is 2. The third-order valence-corrected chi connectivity index (χ3v) is 2.40. The number of benzene rings is 1. The summed E-state index contributed by atoms with van der Waals surface area (Å²) >= 11 is 0. The van der Waals surface area contributed by atoms with Crippen LogP contribution in [-0.2, 0) is 0 Å². The highest BCUT2D eigenvalue weighted by Crippen LogP contribution is 2.33. The Hall–Kier alpha value is -1.97. The van der Waals surface area contributed by atoms with Gasteiger partial charge in [0, 0.05) is 17.2 Å². The first-order chi connectivity index (χ1) is 7.00. The van der Waals surface area contributed by atoms with Crippen molar-refractivity contribution in [1.82, 2.24) is 0 Å². The summed E-state index contributed by atoms with van der Waals surface area (Å²) in [6, 6.07) is 2.78. The minimum Gasteiger partial charge on any atom is -0.507 e. The molecule has 0 atom stereocenters. The Balaban J connectivity index is 3.04. The van der Waals surface area contributed by atoms with E-state index >= 15 is 0 Å². The van der Waals surface area contributed by atoms with Crippen molar-refractivity contribution < 1.29 is 14.6 Å². The summed E-state index contributed by atoms with van der Waals surface area (Å²) < 4.78 is 5.01. The number of rotatable bonds is 0. The minimum atomic E-state index is -0.462. The Morgan fingerprint density at radius 1 is 1.13 bits per heavy atom. The zero-order chi connectivity index (χ0) is 11.2. The fourth-order valence-electron chi connectivity index (χ4n) is 1.47. The van der Waals surface area contributed by atoms with Gasteiger partial charge < -0.3 is 14.6 Å². The molecule has 2 rings (SSSR count). The van der Waals surface area contributed by atoms with E-state index in [4.69, 9.17) is 4.42 Å². The SMILES string of the molecule is Cc1cc2c(O)cc(O)c(C)c2oc1=O. The summed E-state index contributed by atoms with van der Waals surface area (Å²) in [5.41, 5.74) is 0.626. The van der Waals surface area contributed by atoms with Gasteiger partial charge in [-0.25, -0.2) is 4.79 Å². The molecule has 1 aromatic carbocycles. The molecule has 0 aliphatic heterocycles. The highest BCUT2D eigenvalue weighted by molar-refractivity contribution is 5.88. The lowest BCUT2D eigenvalue weighted by Crippen LogP contribution is -2.02. The second kappa shape index (κ2) is 3.02. The first-order valence-electron chi connectivity index (χ1n) is 4.46.